The molecule has 0 fully saturated rings. The van der Waals surface area contributed by atoms with E-state index in [1.807, 2.05) is 0 Å². The molecule has 80 valence electrons. The molecule has 0 aromatic carbocycles. The number of aliphatic carboxylic acids is 1. The molecule has 5 heteroatoms. The van der Waals surface area contributed by atoms with Crippen LogP contribution in [0.5, 0.6) is 0 Å². The first-order valence-electron chi connectivity index (χ1n) is 4.10. The van der Waals surface area contributed by atoms with Crippen molar-refractivity contribution in [2.24, 2.45) is 11.1 Å². The molecule has 0 heterocycles. The first-order chi connectivity index (χ1) is 6.34. The summed E-state index contributed by atoms with van der Waals surface area (Å²) in [7, 11) is 0. The number of nitrogens with two attached hydrogens (primary N) is 1. The van der Waals surface area contributed by atoms with Crippen molar-refractivity contribution in [1.82, 2.24) is 0 Å². The number of carbonyl (C=O) groups excluding carboxylic acids is 1. The maximum absolute atomic E-state index is 11.2. The third-order valence-electron chi connectivity index (χ3n) is 1.93. The van der Waals surface area contributed by atoms with Crippen molar-refractivity contribution in [3.05, 3.63) is 12.7 Å². The second-order valence-corrected chi connectivity index (χ2v) is 3.42. The highest BCUT2D eigenvalue weighted by Crippen LogP contribution is 2.20. The molecular weight excluding hydrogens is 186 g/mol. The highest BCUT2D eigenvalue weighted by atomic mass is 16.5. The number of rotatable bonds is 5. The van der Waals surface area contributed by atoms with Gasteiger partial charge in [0, 0.05) is 0 Å². The largest absolute Gasteiger partial charge is 0.481 e. The molecule has 0 saturated carbocycles. The van der Waals surface area contributed by atoms with Crippen LogP contribution in [0.25, 0.3) is 0 Å². The molecule has 0 aliphatic rings. The van der Waals surface area contributed by atoms with E-state index in [9.17, 15) is 9.59 Å². The van der Waals surface area contributed by atoms with E-state index < -0.39 is 23.4 Å². The average Bonchev–Trinajstić information content (AvgIpc) is 2.12. The Morgan fingerprint density at radius 2 is 2.14 bits per heavy atom. The molecule has 14 heavy (non-hydrogen) atoms. The second-order valence-electron chi connectivity index (χ2n) is 3.42. The molecule has 0 aliphatic heterocycles. The molecule has 0 saturated heterocycles. The summed E-state index contributed by atoms with van der Waals surface area (Å²) < 4.78 is 4.64. The van der Waals surface area contributed by atoms with Gasteiger partial charge in [0.1, 0.15) is 12.6 Å². The third-order valence-corrected chi connectivity index (χ3v) is 1.93. The normalized spacial score (nSPS) is 13.1. The molecule has 0 amide bonds. The van der Waals surface area contributed by atoms with Crippen LogP contribution in [0, 0.1) is 5.41 Å². The Morgan fingerprint density at radius 1 is 1.64 bits per heavy atom. The van der Waals surface area contributed by atoms with Gasteiger partial charge in [0.2, 0.25) is 0 Å². The van der Waals surface area contributed by atoms with E-state index in [1.54, 1.807) is 0 Å². The lowest BCUT2D eigenvalue weighted by Gasteiger charge is -2.24. The van der Waals surface area contributed by atoms with Gasteiger partial charge in [-0.2, -0.15) is 0 Å². The van der Waals surface area contributed by atoms with Crippen LogP contribution in [0.1, 0.15) is 13.8 Å². The number of carboxylic acid groups (broad SMARTS) is 1. The Morgan fingerprint density at radius 3 is 2.50 bits per heavy atom. The summed E-state index contributed by atoms with van der Waals surface area (Å²) in [4.78, 5) is 21.9. The fourth-order valence-electron chi connectivity index (χ4n) is 0.658. The zero-order chi connectivity index (χ0) is 11.4. The molecular formula is C9H15NO4. The highest BCUT2D eigenvalue weighted by molar-refractivity contribution is 5.86. The summed E-state index contributed by atoms with van der Waals surface area (Å²) in [5, 5.41) is 8.78. The van der Waals surface area contributed by atoms with E-state index in [0.29, 0.717) is 0 Å². The molecule has 0 aliphatic carbocycles. The number of carboxylic acids is 1. The Bertz CT molecular complexity index is 247. The maximum atomic E-state index is 11.2. The van der Waals surface area contributed by atoms with E-state index in [-0.39, 0.29) is 6.61 Å². The summed E-state index contributed by atoms with van der Waals surface area (Å²) in [5.74, 6) is -1.88. The number of esters is 1. The van der Waals surface area contributed by atoms with Crippen molar-refractivity contribution < 1.29 is 19.4 Å². The minimum Gasteiger partial charge on any atom is -0.481 e. The van der Waals surface area contributed by atoms with E-state index in [0.717, 1.165) is 0 Å². The van der Waals surface area contributed by atoms with Crippen molar-refractivity contribution >= 4 is 11.9 Å². The Balaban J connectivity index is 4.44. The molecule has 0 radical (unpaired) electrons. The van der Waals surface area contributed by atoms with Gasteiger partial charge in [-0.15, -0.1) is 0 Å². The Kier molecular flexibility index (Phi) is 4.30. The van der Waals surface area contributed by atoms with E-state index in [1.165, 1.54) is 19.9 Å². The van der Waals surface area contributed by atoms with E-state index in [2.05, 4.69) is 11.3 Å². The zero-order valence-electron chi connectivity index (χ0n) is 8.32. The average molecular weight is 201 g/mol. The van der Waals surface area contributed by atoms with Crippen molar-refractivity contribution in [3.63, 3.8) is 0 Å². The minimum absolute atomic E-state index is 0.0300. The van der Waals surface area contributed by atoms with Gasteiger partial charge >= 0.3 is 11.9 Å². The van der Waals surface area contributed by atoms with Crippen LogP contribution in [-0.2, 0) is 14.3 Å². The van der Waals surface area contributed by atoms with Crippen LogP contribution in [0.15, 0.2) is 12.7 Å². The van der Waals surface area contributed by atoms with Gasteiger partial charge < -0.3 is 15.6 Å². The SMILES string of the molecule is C=CCOC(=O)C(N)C(C)(C)C(=O)O. The smallest absolute Gasteiger partial charge is 0.324 e. The van der Waals surface area contributed by atoms with Crippen molar-refractivity contribution in [1.29, 1.82) is 0 Å². The topological polar surface area (TPSA) is 89.6 Å². The molecule has 0 spiro atoms. The fourth-order valence-corrected chi connectivity index (χ4v) is 0.658. The first kappa shape index (κ1) is 12.6. The lowest BCUT2D eigenvalue weighted by molar-refractivity contribution is -0.157. The predicted molar refractivity (Wildman–Crippen MR) is 50.5 cm³/mol. The summed E-state index contributed by atoms with van der Waals surface area (Å²) in [5.41, 5.74) is 4.11. The summed E-state index contributed by atoms with van der Waals surface area (Å²) >= 11 is 0. The van der Waals surface area contributed by atoms with Crippen molar-refractivity contribution in [3.8, 4) is 0 Å². The second kappa shape index (κ2) is 4.76. The Hall–Kier alpha value is -1.36. The van der Waals surface area contributed by atoms with Crippen molar-refractivity contribution in [2.75, 3.05) is 6.61 Å². The van der Waals surface area contributed by atoms with Crippen LogP contribution >= 0.6 is 0 Å². The summed E-state index contributed by atoms with van der Waals surface area (Å²) in [6, 6.07) is -1.18. The number of hydrogen-bond acceptors (Lipinski definition) is 4. The number of carbonyl (C=O) groups is 2. The fraction of sp³-hybridized carbons (Fsp3) is 0.556. The zero-order valence-corrected chi connectivity index (χ0v) is 8.32. The minimum atomic E-state index is -1.34. The number of ether oxygens (including phenoxy) is 1. The highest BCUT2D eigenvalue weighted by Gasteiger charge is 2.39. The van der Waals surface area contributed by atoms with E-state index >= 15 is 0 Å². The van der Waals surface area contributed by atoms with Crippen LogP contribution in [0.2, 0.25) is 0 Å². The summed E-state index contributed by atoms with van der Waals surface area (Å²) in [6.07, 6.45) is 1.39. The molecule has 1 atom stereocenters. The van der Waals surface area contributed by atoms with Gasteiger partial charge in [-0.1, -0.05) is 12.7 Å². The third kappa shape index (κ3) is 2.85. The first-order valence-corrected chi connectivity index (χ1v) is 4.10. The van der Waals surface area contributed by atoms with Gasteiger partial charge in [-0.05, 0) is 13.8 Å². The standard InChI is InChI=1S/C9H15NO4/c1-4-5-14-7(11)6(10)9(2,3)8(12)13/h4,6H,1,5,10H2,2-3H3,(H,12,13). The van der Waals surface area contributed by atoms with Gasteiger partial charge in [-0.25, -0.2) is 0 Å². The molecule has 0 aromatic rings. The summed E-state index contributed by atoms with van der Waals surface area (Å²) in [6.45, 7) is 6.13. The molecule has 1 unspecified atom stereocenters. The maximum Gasteiger partial charge on any atom is 0.324 e. The van der Waals surface area contributed by atoms with E-state index in [4.69, 9.17) is 10.8 Å². The van der Waals surface area contributed by atoms with Gasteiger partial charge in [0.25, 0.3) is 0 Å². The monoisotopic (exact) mass is 201 g/mol. The Labute approximate surface area is 82.5 Å². The van der Waals surface area contributed by atoms with Crippen LogP contribution in [-0.4, -0.2) is 29.7 Å². The predicted octanol–water partition coefficient (Wildman–Crippen LogP) is 0.154. The lowest BCUT2D eigenvalue weighted by atomic mass is 9.85. The number of hydrogen-bond donors (Lipinski definition) is 2. The van der Waals surface area contributed by atoms with Gasteiger partial charge in [0.05, 0.1) is 5.41 Å². The molecule has 3 N–H and O–H groups in total. The molecule has 5 nitrogen and oxygen atoms in total. The molecule has 0 rings (SSSR count). The van der Waals surface area contributed by atoms with Crippen LogP contribution in [0.3, 0.4) is 0 Å². The quantitative estimate of drug-likeness (QED) is 0.488. The van der Waals surface area contributed by atoms with Crippen LogP contribution < -0.4 is 5.73 Å². The molecule has 0 bridgehead atoms. The van der Waals surface area contributed by atoms with Gasteiger partial charge in [0.15, 0.2) is 0 Å². The molecule has 0 aromatic heterocycles. The van der Waals surface area contributed by atoms with Crippen molar-refractivity contribution in [2.45, 2.75) is 19.9 Å². The lowest BCUT2D eigenvalue weighted by Crippen LogP contribution is -2.49. The van der Waals surface area contributed by atoms with Gasteiger partial charge in [-0.3, -0.25) is 9.59 Å². The van der Waals surface area contributed by atoms with Crippen LogP contribution in [0.4, 0.5) is 0 Å².